The van der Waals surface area contributed by atoms with Gasteiger partial charge < -0.3 is 4.74 Å². The maximum Gasteiger partial charge on any atom is 0.416 e. The van der Waals surface area contributed by atoms with Crippen LogP contribution < -0.4 is 0 Å². The third-order valence-corrected chi connectivity index (χ3v) is 6.36. The number of thiazole rings is 1. The lowest BCUT2D eigenvalue weighted by Gasteiger charge is -2.07. The Balaban J connectivity index is 2.18. The molecule has 0 saturated heterocycles. The molecule has 158 valence electrons. The first-order chi connectivity index (χ1) is 14.0. The summed E-state index contributed by atoms with van der Waals surface area (Å²) in [4.78, 5) is 17.6. The molecule has 2 heterocycles. The van der Waals surface area contributed by atoms with Crippen molar-refractivity contribution >= 4 is 46.0 Å². The molecular weight excluding hydrogens is 530 g/mol. The van der Waals surface area contributed by atoms with Crippen LogP contribution in [0.25, 0.3) is 22.5 Å². The minimum atomic E-state index is -4.41. The zero-order valence-electron chi connectivity index (χ0n) is 16.5. The van der Waals surface area contributed by atoms with Crippen LogP contribution in [0.2, 0.25) is 0 Å². The second-order valence-electron chi connectivity index (χ2n) is 6.66. The number of nitrogens with zero attached hydrogens (tertiary/aromatic N) is 3. The van der Waals surface area contributed by atoms with E-state index >= 15 is 0 Å². The molecule has 0 bridgehead atoms. The summed E-state index contributed by atoms with van der Waals surface area (Å²) in [5, 5.41) is 4.83. The lowest BCUT2D eigenvalue weighted by molar-refractivity contribution is -0.137. The van der Waals surface area contributed by atoms with E-state index in [1.807, 2.05) is 42.5 Å². The monoisotopic (exact) mass is 547 g/mol. The molecule has 0 radical (unpaired) electrons. The van der Waals surface area contributed by atoms with Crippen molar-refractivity contribution in [1.29, 1.82) is 0 Å². The summed E-state index contributed by atoms with van der Waals surface area (Å²) >= 11 is 3.31. The summed E-state index contributed by atoms with van der Waals surface area (Å²) in [6.45, 7) is 5.60. The van der Waals surface area contributed by atoms with E-state index in [2.05, 4.69) is 10.1 Å². The van der Waals surface area contributed by atoms with Crippen molar-refractivity contribution in [1.82, 2.24) is 14.8 Å². The van der Waals surface area contributed by atoms with Crippen molar-refractivity contribution in [3.8, 4) is 16.4 Å². The van der Waals surface area contributed by atoms with E-state index in [1.165, 1.54) is 35.3 Å². The summed E-state index contributed by atoms with van der Waals surface area (Å²) < 4.78 is 45.7. The van der Waals surface area contributed by atoms with Gasteiger partial charge in [-0.2, -0.15) is 23.0 Å². The maximum atomic E-state index is 12.9. The second-order valence-corrected chi connectivity index (χ2v) is 8.75. The van der Waals surface area contributed by atoms with Gasteiger partial charge in [-0.15, -0.1) is 0 Å². The Morgan fingerprint density at radius 1 is 1.23 bits per heavy atom. The molecule has 1 aromatic carbocycles. The lowest BCUT2D eigenvalue weighted by Crippen LogP contribution is -2.11. The molecule has 0 spiro atoms. The summed E-state index contributed by atoms with van der Waals surface area (Å²) in [6.07, 6.45) is -2.51. The largest absolute Gasteiger partial charge is 0.464 e. The number of aromatic nitrogens is 3. The summed E-state index contributed by atoms with van der Waals surface area (Å²) in [5.41, 5.74) is 2.23. The van der Waals surface area contributed by atoms with Crippen molar-refractivity contribution in [2.45, 2.75) is 26.9 Å². The van der Waals surface area contributed by atoms with E-state index in [4.69, 9.17) is 4.74 Å². The predicted molar refractivity (Wildman–Crippen MR) is 118 cm³/mol. The maximum absolute atomic E-state index is 12.9. The number of aryl methyl sites for hydroxylation is 1. The first kappa shape index (κ1) is 22.5. The van der Waals surface area contributed by atoms with Gasteiger partial charge in [-0.05, 0) is 61.6 Å². The number of alkyl halides is 3. The Kier molecular flexibility index (Phi) is 6.37. The number of carbonyl (C=O) groups excluding carboxylic acids is 1. The minimum absolute atomic E-state index is 0.257. The van der Waals surface area contributed by atoms with Crippen molar-refractivity contribution in [2.75, 3.05) is 7.11 Å². The Hall–Kier alpha value is -2.21. The molecule has 2 aromatic heterocycles. The van der Waals surface area contributed by atoms with E-state index in [0.717, 1.165) is 22.6 Å². The molecular formula is C20H17F3IN3O2S. The number of benzene rings is 1. The van der Waals surface area contributed by atoms with Crippen molar-refractivity contribution in [2.24, 2.45) is 0 Å². The highest BCUT2D eigenvalue weighted by molar-refractivity contribution is 14.1. The van der Waals surface area contributed by atoms with Crippen LogP contribution >= 0.6 is 33.9 Å². The Morgan fingerprint density at radius 2 is 1.87 bits per heavy atom. The normalized spacial score (nSPS) is 11.5. The molecule has 0 aliphatic heterocycles. The average molecular weight is 547 g/mol. The number of allylic oxidation sites excluding steroid dienone is 1. The van der Waals surface area contributed by atoms with Crippen LogP contribution in [0, 0.1) is 10.5 Å². The van der Waals surface area contributed by atoms with Crippen LogP contribution in [-0.2, 0) is 10.9 Å². The zero-order chi connectivity index (χ0) is 22.2. The summed E-state index contributed by atoms with van der Waals surface area (Å²) in [5.74, 6) is -0.546. The molecule has 0 aliphatic rings. The fraction of sp³-hybridized carbons (Fsp3) is 0.250. The molecule has 3 aromatic rings. The molecule has 30 heavy (non-hydrogen) atoms. The van der Waals surface area contributed by atoms with Crippen molar-refractivity contribution < 1.29 is 22.7 Å². The number of ether oxygens (including phenoxy) is 1. The van der Waals surface area contributed by atoms with Gasteiger partial charge >= 0.3 is 12.1 Å². The van der Waals surface area contributed by atoms with E-state index < -0.39 is 17.7 Å². The molecule has 3 rings (SSSR count). The van der Waals surface area contributed by atoms with E-state index in [9.17, 15) is 18.0 Å². The average Bonchev–Trinajstić information content (AvgIpc) is 3.21. The number of esters is 1. The number of halogens is 4. The molecule has 0 atom stereocenters. The molecule has 0 unspecified atom stereocenters. The van der Waals surface area contributed by atoms with Gasteiger partial charge in [0.15, 0.2) is 5.69 Å². The van der Waals surface area contributed by atoms with Gasteiger partial charge in [0.2, 0.25) is 5.13 Å². The summed E-state index contributed by atoms with van der Waals surface area (Å²) in [6, 6.07) is 4.84. The van der Waals surface area contributed by atoms with Gasteiger partial charge in [0.25, 0.3) is 0 Å². The van der Waals surface area contributed by atoms with Crippen LogP contribution in [0.5, 0.6) is 0 Å². The zero-order valence-corrected chi connectivity index (χ0v) is 19.4. The molecule has 10 heteroatoms. The van der Waals surface area contributed by atoms with Gasteiger partial charge in [-0.25, -0.2) is 9.78 Å². The van der Waals surface area contributed by atoms with Crippen LogP contribution in [0.4, 0.5) is 13.2 Å². The SMILES string of the molecule is COC(=O)c1c(I)c(C)nn1-c1nc(-c2ccc(C(F)(F)F)cc2)c(C=C(C)C)s1. The predicted octanol–water partition coefficient (Wildman–Crippen LogP) is 6.14. The highest BCUT2D eigenvalue weighted by Gasteiger charge is 2.30. The number of rotatable bonds is 4. The molecule has 0 amide bonds. The first-order valence-corrected chi connectivity index (χ1v) is 10.6. The van der Waals surface area contributed by atoms with Crippen molar-refractivity contribution in [3.05, 3.63) is 55.2 Å². The highest BCUT2D eigenvalue weighted by Crippen LogP contribution is 2.35. The van der Waals surface area contributed by atoms with Gasteiger partial charge in [0.1, 0.15) is 0 Å². The standard InChI is InChI=1S/C20H17F3IN3O2S/c1-10(2)9-14-16(12-5-7-13(8-6-12)20(21,22)23)25-19(30-14)27-17(18(28)29-4)15(24)11(3)26-27/h5-9H,1-4H3. The third-order valence-electron chi connectivity index (χ3n) is 4.09. The topological polar surface area (TPSA) is 57.0 Å². The van der Waals surface area contributed by atoms with E-state index in [1.54, 1.807) is 6.92 Å². The van der Waals surface area contributed by atoms with Crippen LogP contribution in [0.3, 0.4) is 0 Å². The number of hydrogen-bond donors (Lipinski definition) is 0. The van der Waals surface area contributed by atoms with E-state index in [-0.39, 0.29) is 5.69 Å². The first-order valence-electron chi connectivity index (χ1n) is 8.70. The Bertz CT molecular complexity index is 1130. The third kappa shape index (κ3) is 4.43. The van der Waals surface area contributed by atoms with Gasteiger partial charge in [0, 0.05) is 5.56 Å². The second kappa shape index (κ2) is 8.50. The van der Waals surface area contributed by atoms with Crippen molar-refractivity contribution in [3.63, 3.8) is 0 Å². The fourth-order valence-electron chi connectivity index (χ4n) is 2.71. The Labute approximate surface area is 188 Å². The molecule has 5 nitrogen and oxygen atoms in total. The fourth-order valence-corrected chi connectivity index (χ4v) is 4.38. The molecule has 0 fully saturated rings. The number of carbonyl (C=O) groups is 1. The van der Waals surface area contributed by atoms with Gasteiger partial charge in [0.05, 0.1) is 32.5 Å². The highest BCUT2D eigenvalue weighted by atomic mass is 127. The molecule has 0 N–H and O–H groups in total. The van der Waals surface area contributed by atoms with Gasteiger partial charge in [-0.3, -0.25) is 0 Å². The van der Waals surface area contributed by atoms with Crippen LogP contribution in [-0.4, -0.2) is 27.8 Å². The number of methoxy groups -OCH3 is 1. The smallest absolute Gasteiger partial charge is 0.416 e. The van der Waals surface area contributed by atoms with Gasteiger partial charge in [-0.1, -0.05) is 29.0 Å². The quantitative estimate of drug-likeness (QED) is 0.291. The lowest BCUT2D eigenvalue weighted by atomic mass is 10.1. The summed E-state index contributed by atoms with van der Waals surface area (Å²) in [7, 11) is 1.29. The Morgan fingerprint density at radius 3 is 2.40 bits per heavy atom. The minimum Gasteiger partial charge on any atom is -0.464 e. The van der Waals surface area contributed by atoms with E-state index in [0.29, 0.717) is 25.7 Å². The molecule has 0 aliphatic carbocycles. The van der Waals surface area contributed by atoms with Crippen LogP contribution in [0.1, 0.15) is 40.5 Å². The van der Waals surface area contributed by atoms with Crippen LogP contribution in [0.15, 0.2) is 29.8 Å². The molecule has 0 saturated carbocycles. The number of hydrogen-bond acceptors (Lipinski definition) is 5.